The Morgan fingerprint density at radius 3 is 2.44 bits per heavy atom. The molecule has 0 unspecified atom stereocenters. The highest BCUT2D eigenvalue weighted by Crippen LogP contribution is 2.31. The van der Waals surface area contributed by atoms with Crippen molar-refractivity contribution < 1.29 is 28.3 Å². The smallest absolute Gasteiger partial charge is 0.408 e. The first-order chi connectivity index (χ1) is 18.5. The Morgan fingerprint density at radius 2 is 1.82 bits per heavy atom. The van der Waals surface area contributed by atoms with Gasteiger partial charge in [0.1, 0.15) is 24.9 Å². The van der Waals surface area contributed by atoms with Gasteiger partial charge in [-0.05, 0) is 50.5 Å². The van der Waals surface area contributed by atoms with E-state index in [4.69, 9.17) is 16.2 Å². The van der Waals surface area contributed by atoms with Gasteiger partial charge < -0.3 is 31.7 Å². The molecule has 11 nitrogen and oxygen atoms in total. The van der Waals surface area contributed by atoms with Gasteiger partial charge in [0.25, 0.3) is 0 Å². The Labute approximate surface area is 228 Å². The number of ketones is 1. The number of nitrogens with zero attached hydrogens (tertiary/aromatic N) is 2. The molecule has 1 aromatic rings. The molecule has 1 heterocycles. The number of benzene rings is 1. The van der Waals surface area contributed by atoms with Crippen LogP contribution in [0.1, 0.15) is 58.4 Å². The molecule has 216 valence electrons. The number of hydrogen-bond donors (Lipinski definition) is 4. The zero-order valence-electron chi connectivity index (χ0n) is 23.0. The molecular formula is C27H41FN6O5. The fraction of sp³-hybridized carbons (Fsp3) is 0.593. The van der Waals surface area contributed by atoms with E-state index in [9.17, 15) is 23.6 Å². The number of nitrogens with two attached hydrogens (primary N) is 2. The van der Waals surface area contributed by atoms with Crippen LogP contribution in [0.25, 0.3) is 0 Å². The average Bonchev–Trinajstić information content (AvgIpc) is 3.30. The summed E-state index contributed by atoms with van der Waals surface area (Å²) >= 11 is 0. The number of carbonyl (C=O) groups is 4. The number of carbonyl (C=O) groups excluding carboxylic acids is 4. The SMILES string of the molecule is CC(C)C[C@H](NC(=O)OCc1ccccc1)C(=O)N1CCC[C@@]1(C)C(=O)N[C@@H](CCCN=C(N)N)C(=O)CF. The number of amides is 3. The van der Waals surface area contributed by atoms with Crippen molar-refractivity contribution in [1.29, 1.82) is 0 Å². The first-order valence-corrected chi connectivity index (χ1v) is 13.2. The first-order valence-electron chi connectivity index (χ1n) is 13.2. The lowest BCUT2D eigenvalue weighted by Crippen LogP contribution is -2.61. The summed E-state index contributed by atoms with van der Waals surface area (Å²) in [5.74, 6) is -1.79. The van der Waals surface area contributed by atoms with Crippen LogP contribution in [-0.2, 0) is 25.7 Å². The van der Waals surface area contributed by atoms with E-state index < -0.39 is 48.0 Å². The summed E-state index contributed by atoms with van der Waals surface area (Å²) in [5.41, 5.74) is 10.1. The molecule has 2 rings (SSSR count). The molecule has 0 saturated carbocycles. The monoisotopic (exact) mass is 548 g/mol. The maximum absolute atomic E-state index is 13.7. The number of aliphatic imine (C=N–C) groups is 1. The molecule has 0 bridgehead atoms. The number of ether oxygens (including phenoxy) is 1. The van der Waals surface area contributed by atoms with Gasteiger partial charge in [0.05, 0.1) is 6.04 Å². The highest BCUT2D eigenvalue weighted by molar-refractivity contribution is 5.97. The van der Waals surface area contributed by atoms with Gasteiger partial charge in [-0.15, -0.1) is 0 Å². The van der Waals surface area contributed by atoms with Gasteiger partial charge in [-0.1, -0.05) is 44.2 Å². The number of alkyl carbamates (subject to hydrolysis) is 1. The number of likely N-dealkylation sites (tertiary alicyclic amines) is 1. The second-order valence-electron chi connectivity index (χ2n) is 10.3. The van der Waals surface area contributed by atoms with Gasteiger partial charge in [0, 0.05) is 13.1 Å². The molecule has 6 N–H and O–H groups in total. The molecule has 1 aromatic carbocycles. The van der Waals surface area contributed by atoms with Crippen LogP contribution in [0.2, 0.25) is 0 Å². The van der Waals surface area contributed by atoms with E-state index in [1.807, 2.05) is 44.2 Å². The summed E-state index contributed by atoms with van der Waals surface area (Å²) in [6.07, 6.45) is 0.981. The van der Waals surface area contributed by atoms with Crippen LogP contribution in [0.4, 0.5) is 9.18 Å². The molecule has 1 saturated heterocycles. The molecular weight excluding hydrogens is 507 g/mol. The van der Waals surface area contributed by atoms with E-state index in [0.29, 0.717) is 32.2 Å². The highest BCUT2D eigenvalue weighted by Gasteiger charge is 2.48. The topological polar surface area (TPSA) is 169 Å². The first kappa shape index (κ1) is 31.5. The van der Waals surface area contributed by atoms with Crippen molar-refractivity contribution >= 4 is 29.7 Å². The van der Waals surface area contributed by atoms with Crippen LogP contribution in [-0.4, -0.2) is 71.9 Å². The molecule has 3 atom stereocenters. The minimum Gasteiger partial charge on any atom is -0.445 e. The summed E-state index contributed by atoms with van der Waals surface area (Å²) in [6, 6.07) is 7.16. The Kier molecular flexibility index (Phi) is 12.1. The van der Waals surface area contributed by atoms with Crippen molar-refractivity contribution in [2.45, 2.75) is 77.1 Å². The largest absolute Gasteiger partial charge is 0.445 e. The van der Waals surface area contributed by atoms with Crippen LogP contribution < -0.4 is 22.1 Å². The van der Waals surface area contributed by atoms with E-state index in [1.165, 1.54) is 4.90 Å². The number of guanidine groups is 1. The van der Waals surface area contributed by atoms with Crippen molar-refractivity contribution in [3.8, 4) is 0 Å². The number of alkyl halides is 1. The lowest BCUT2D eigenvalue weighted by molar-refractivity contribution is -0.146. The predicted octanol–water partition coefficient (Wildman–Crippen LogP) is 1.79. The molecule has 0 spiro atoms. The summed E-state index contributed by atoms with van der Waals surface area (Å²) in [7, 11) is 0. The van der Waals surface area contributed by atoms with Gasteiger partial charge >= 0.3 is 6.09 Å². The molecule has 1 aliphatic heterocycles. The maximum Gasteiger partial charge on any atom is 0.408 e. The summed E-state index contributed by atoms with van der Waals surface area (Å²) in [6.45, 7) is 4.78. The molecule has 0 radical (unpaired) electrons. The van der Waals surface area contributed by atoms with Crippen molar-refractivity contribution in [1.82, 2.24) is 15.5 Å². The van der Waals surface area contributed by atoms with Crippen molar-refractivity contribution in [2.24, 2.45) is 22.4 Å². The van der Waals surface area contributed by atoms with Crippen LogP contribution in [0.3, 0.4) is 0 Å². The Bertz CT molecular complexity index is 1020. The molecule has 1 fully saturated rings. The van der Waals surface area contributed by atoms with Gasteiger partial charge in [0.2, 0.25) is 11.8 Å². The minimum atomic E-state index is -1.28. The van der Waals surface area contributed by atoms with E-state index in [1.54, 1.807) is 6.92 Å². The third-order valence-electron chi connectivity index (χ3n) is 6.68. The average molecular weight is 549 g/mol. The van der Waals surface area contributed by atoms with E-state index in [-0.39, 0.29) is 31.4 Å². The Hall–Kier alpha value is -3.70. The fourth-order valence-electron chi connectivity index (χ4n) is 4.56. The van der Waals surface area contributed by atoms with Gasteiger partial charge in [-0.2, -0.15) is 0 Å². The van der Waals surface area contributed by atoms with Crippen LogP contribution in [0, 0.1) is 5.92 Å². The normalized spacial score (nSPS) is 18.2. The van der Waals surface area contributed by atoms with E-state index in [0.717, 1.165) is 5.56 Å². The number of halogens is 1. The predicted molar refractivity (Wildman–Crippen MR) is 145 cm³/mol. The Morgan fingerprint density at radius 1 is 1.13 bits per heavy atom. The number of hydrogen-bond acceptors (Lipinski definition) is 6. The third-order valence-corrected chi connectivity index (χ3v) is 6.68. The molecule has 0 aromatic heterocycles. The van der Waals surface area contributed by atoms with Gasteiger partial charge in [-0.25, -0.2) is 9.18 Å². The maximum atomic E-state index is 13.7. The number of rotatable bonds is 14. The molecule has 12 heteroatoms. The van der Waals surface area contributed by atoms with Crippen molar-refractivity contribution in [3.05, 3.63) is 35.9 Å². The van der Waals surface area contributed by atoms with E-state index >= 15 is 0 Å². The lowest BCUT2D eigenvalue weighted by atomic mass is 9.94. The van der Waals surface area contributed by atoms with Crippen LogP contribution in [0.5, 0.6) is 0 Å². The Balaban J connectivity index is 2.11. The van der Waals surface area contributed by atoms with E-state index in [2.05, 4.69) is 15.6 Å². The fourth-order valence-corrected chi connectivity index (χ4v) is 4.56. The highest BCUT2D eigenvalue weighted by atomic mass is 19.1. The molecule has 3 amide bonds. The molecule has 0 aliphatic carbocycles. The molecule has 1 aliphatic rings. The quantitative estimate of drug-likeness (QED) is 0.156. The second kappa shape index (κ2) is 15.0. The standard InChI is InChI=1S/C27H41FN6O5/c1-18(2)15-21(33-26(38)39-17-19-9-5-4-6-10-19)23(36)34-14-8-12-27(34,3)24(37)32-20(22(35)16-28)11-7-13-31-25(29)30/h4-6,9-10,18,20-21H,7-8,11-17H2,1-3H3,(H,32,37)(H,33,38)(H4,29,30,31)/t20-,21-,27-/m0/s1. The van der Waals surface area contributed by atoms with Crippen molar-refractivity contribution in [2.75, 3.05) is 19.8 Å². The summed E-state index contributed by atoms with van der Waals surface area (Å²) in [5, 5.41) is 5.30. The number of nitrogens with one attached hydrogen (secondary N) is 2. The van der Waals surface area contributed by atoms with Gasteiger partial charge in [-0.3, -0.25) is 19.4 Å². The summed E-state index contributed by atoms with van der Waals surface area (Å²) < 4.78 is 18.5. The number of Topliss-reactive ketones (excluding diaryl/α,β-unsaturated/α-hetero) is 1. The summed E-state index contributed by atoms with van der Waals surface area (Å²) in [4.78, 5) is 57.1. The minimum absolute atomic E-state index is 0.0479. The van der Waals surface area contributed by atoms with Crippen molar-refractivity contribution in [3.63, 3.8) is 0 Å². The third kappa shape index (κ3) is 9.52. The second-order valence-corrected chi connectivity index (χ2v) is 10.3. The zero-order chi connectivity index (χ0) is 29.0. The van der Waals surface area contributed by atoms with Crippen LogP contribution >= 0.6 is 0 Å². The zero-order valence-corrected chi connectivity index (χ0v) is 23.0. The lowest BCUT2D eigenvalue weighted by Gasteiger charge is -2.37. The van der Waals surface area contributed by atoms with Crippen LogP contribution in [0.15, 0.2) is 35.3 Å². The molecule has 39 heavy (non-hydrogen) atoms. The van der Waals surface area contributed by atoms with Gasteiger partial charge in [0.15, 0.2) is 11.7 Å².